The molecule has 25 heavy (non-hydrogen) atoms. The van der Waals surface area contributed by atoms with Crippen LogP contribution in [0.2, 0.25) is 0 Å². The second-order valence-electron chi connectivity index (χ2n) is 5.76. The third kappa shape index (κ3) is 4.49. The molecule has 1 aromatic heterocycles. The first-order valence-electron chi connectivity index (χ1n) is 8.60. The van der Waals surface area contributed by atoms with E-state index < -0.39 is 0 Å². The molecule has 0 aliphatic carbocycles. The number of tetrazole rings is 1. The third-order valence-electron chi connectivity index (χ3n) is 4.01. The number of fused-ring (bicyclic) bond motifs is 1. The largest absolute Gasteiger partial charge is 0.493 e. The molecule has 0 fully saturated rings. The van der Waals surface area contributed by atoms with Crippen molar-refractivity contribution in [2.75, 3.05) is 18.9 Å². The summed E-state index contributed by atoms with van der Waals surface area (Å²) in [4.78, 5) is 0. The van der Waals surface area contributed by atoms with Crippen LogP contribution in [0.25, 0.3) is 10.8 Å². The normalized spacial score (nSPS) is 11.1. The van der Waals surface area contributed by atoms with Crippen molar-refractivity contribution in [3.63, 3.8) is 0 Å². The van der Waals surface area contributed by atoms with Gasteiger partial charge in [0.05, 0.1) is 18.7 Å². The summed E-state index contributed by atoms with van der Waals surface area (Å²) in [5.41, 5.74) is 1.28. The predicted octanol–water partition coefficient (Wildman–Crippen LogP) is 2.01. The van der Waals surface area contributed by atoms with Gasteiger partial charge in [0.1, 0.15) is 12.3 Å². The van der Waals surface area contributed by atoms with E-state index >= 15 is 0 Å². The van der Waals surface area contributed by atoms with Crippen LogP contribution < -0.4 is 10.1 Å². The summed E-state index contributed by atoms with van der Waals surface area (Å²) < 4.78 is 7.54. The first kappa shape index (κ1) is 17.7. The highest BCUT2D eigenvalue weighted by Crippen LogP contribution is 2.27. The molecule has 1 heterocycles. The molecule has 3 rings (SSSR count). The number of ether oxygens (including phenoxy) is 1. The van der Waals surface area contributed by atoms with Crippen LogP contribution in [-0.2, 0) is 13.6 Å². The molecule has 0 amide bonds. The first-order valence-corrected chi connectivity index (χ1v) is 9.58. The van der Waals surface area contributed by atoms with Crippen LogP contribution in [0.1, 0.15) is 18.9 Å². The fraction of sp³-hybridized carbons (Fsp3) is 0.389. The van der Waals surface area contributed by atoms with Crippen LogP contribution in [0.15, 0.2) is 41.6 Å². The molecule has 0 radical (unpaired) electrons. The molecule has 6 nitrogen and oxygen atoms in total. The molecule has 0 spiro atoms. The highest BCUT2D eigenvalue weighted by molar-refractivity contribution is 7.99. The van der Waals surface area contributed by atoms with Gasteiger partial charge in [0.25, 0.3) is 0 Å². The lowest BCUT2D eigenvalue weighted by Crippen LogP contribution is -2.82. The fourth-order valence-electron chi connectivity index (χ4n) is 2.80. The lowest BCUT2D eigenvalue weighted by molar-refractivity contribution is -0.670. The van der Waals surface area contributed by atoms with Gasteiger partial charge in [0.15, 0.2) is 0 Å². The minimum atomic E-state index is 0.688. The van der Waals surface area contributed by atoms with Crippen molar-refractivity contribution >= 4 is 22.5 Å². The molecule has 0 aliphatic rings. The summed E-state index contributed by atoms with van der Waals surface area (Å²) in [6.45, 7) is 4.70. The maximum atomic E-state index is 5.84. The summed E-state index contributed by atoms with van der Waals surface area (Å²) in [5.74, 6) is 2.01. The Balaban J connectivity index is 1.55. The van der Waals surface area contributed by atoms with E-state index in [1.165, 1.54) is 16.3 Å². The zero-order valence-corrected chi connectivity index (χ0v) is 15.5. The number of benzene rings is 2. The number of hydrogen-bond donors (Lipinski definition) is 1. The van der Waals surface area contributed by atoms with Crippen molar-refractivity contribution in [3.05, 3.63) is 42.0 Å². The molecular weight excluding hydrogens is 334 g/mol. The minimum Gasteiger partial charge on any atom is -0.493 e. The van der Waals surface area contributed by atoms with Crippen molar-refractivity contribution in [1.82, 2.24) is 20.2 Å². The number of thioether (sulfide) groups is 1. The van der Waals surface area contributed by atoms with E-state index in [1.807, 2.05) is 14.0 Å². The van der Waals surface area contributed by atoms with Gasteiger partial charge in [-0.1, -0.05) is 42.1 Å². The molecule has 0 saturated heterocycles. The molecule has 0 saturated carbocycles. The molecule has 0 bridgehead atoms. The number of nitrogens with zero attached hydrogens (tertiary/aromatic N) is 4. The van der Waals surface area contributed by atoms with Gasteiger partial charge in [-0.05, 0) is 34.2 Å². The van der Waals surface area contributed by atoms with Crippen LogP contribution in [0.5, 0.6) is 5.75 Å². The molecule has 0 aliphatic heterocycles. The quantitative estimate of drug-likeness (QED) is 0.468. The van der Waals surface area contributed by atoms with Gasteiger partial charge in [0.2, 0.25) is 5.16 Å². The monoisotopic (exact) mass is 358 g/mol. The molecule has 2 aromatic carbocycles. The van der Waals surface area contributed by atoms with E-state index in [9.17, 15) is 0 Å². The van der Waals surface area contributed by atoms with Gasteiger partial charge in [-0.25, -0.2) is 4.68 Å². The average Bonchev–Trinajstić information content (AvgIpc) is 3.04. The molecule has 2 N–H and O–H groups in total. The fourth-order valence-corrected chi connectivity index (χ4v) is 3.61. The predicted molar refractivity (Wildman–Crippen MR) is 99.8 cm³/mol. The summed E-state index contributed by atoms with van der Waals surface area (Å²) >= 11 is 1.70. The van der Waals surface area contributed by atoms with Crippen molar-refractivity contribution in [1.29, 1.82) is 0 Å². The zero-order chi connectivity index (χ0) is 17.5. The number of hydrogen-bond acceptors (Lipinski definition) is 5. The summed E-state index contributed by atoms with van der Waals surface area (Å²) in [7, 11) is 1.87. The number of quaternary nitrogens is 1. The number of aromatic nitrogens is 4. The van der Waals surface area contributed by atoms with Gasteiger partial charge in [-0.2, -0.15) is 0 Å². The van der Waals surface area contributed by atoms with Crippen LogP contribution in [-0.4, -0.2) is 39.1 Å². The zero-order valence-electron chi connectivity index (χ0n) is 14.7. The van der Waals surface area contributed by atoms with Gasteiger partial charge in [-0.15, -0.1) is 5.10 Å². The second kappa shape index (κ2) is 8.82. The molecular formula is C18H24N5OS+. The molecule has 0 atom stereocenters. The van der Waals surface area contributed by atoms with Crippen molar-refractivity contribution in [2.24, 2.45) is 7.05 Å². The van der Waals surface area contributed by atoms with Gasteiger partial charge in [0, 0.05) is 19.2 Å². The number of aryl methyl sites for hydroxylation is 1. The Labute approximate surface area is 151 Å². The van der Waals surface area contributed by atoms with Crippen molar-refractivity contribution in [2.45, 2.75) is 25.0 Å². The number of rotatable bonds is 9. The average molecular weight is 358 g/mol. The van der Waals surface area contributed by atoms with Gasteiger partial charge >= 0.3 is 0 Å². The van der Waals surface area contributed by atoms with E-state index in [4.69, 9.17) is 4.74 Å². The summed E-state index contributed by atoms with van der Waals surface area (Å²) in [6.07, 6.45) is 1.10. The lowest BCUT2D eigenvalue weighted by Gasteiger charge is -2.12. The van der Waals surface area contributed by atoms with Crippen LogP contribution in [0, 0.1) is 0 Å². The topological polar surface area (TPSA) is 69.4 Å². The Morgan fingerprint density at radius 1 is 1.20 bits per heavy atom. The smallest absolute Gasteiger partial charge is 0.209 e. The highest BCUT2D eigenvalue weighted by atomic mass is 32.2. The molecule has 7 heteroatoms. The van der Waals surface area contributed by atoms with Crippen molar-refractivity contribution in [3.8, 4) is 5.75 Å². The minimum absolute atomic E-state index is 0.688. The Hall–Kier alpha value is -2.12. The van der Waals surface area contributed by atoms with Crippen LogP contribution in [0.4, 0.5) is 0 Å². The third-order valence-corrected chi connectivity index (χ3v) is 5.11. The van der Waals surface area contributed by atoms with Crippen molar-refractivity contribution < 1.29 is 10.1 Å². The first-order chi connectivity index (χ1) is 12.3. The lowest BCUT2D eigenvalue weighted by atomic mass is 10.0. The summed E-state index contributed by atoms with van der Waals surface area (Å²) in [5, 5.41) is 17.2. The Morgan fingerprint density at radius 3 is 2.88 bits per heavy atom. The molecule has 132 valence electrons. The maximum Gasteiger partial charge on any atom is 0.209 e. The van der Waals surface area contributed by atoms with Crippen LogP contribution in [0.3, 0.4) is 0 Å². The maximum absolute atomic E-state index is 5.84. The van der Waals surface area contributed by atoms with E-state index in [1.54, 1.807) is 16.4 Å². The van der Waals surface area contributed by atoms with E-state index in [0.717, 1.165) is 36.2 Å². The molecule has 0 unspecified atom stereocenters. The standard InChI is InChI=1S/C18H23N5OS/c1-3-24-17-10-9-14-7-4-5-8-15(14)16(17)13-19-11-6-12-25-18-20-21-22-23(18)2/h4-5,7-10,19H,3,6,11-13H2,1-2H3/p+1. The van der Waals surface area contributed by atoms with E-state index in [-0.39, 0.29) is 0 Å². The highest BCUT2D eigenvalue weighted by Gasteiger charge is 2.10. The Bertz CT molecular complexity index is 820. The van der Waals surface area contributed by atoms with Gasteiger partial charge < -0.3 is 10.1 Å². The molecule has 3 aromatic rings. The Morgan fingerprint density at radius 2 is 2.08 bits per heavy atom. The second-order valence-corrected chi connectivity index (χ2v) is 6.83. The Kier molecular flexibility index (Phi) is 6.25. The summed E-state index contributed by atoms with van der Waals surface area (Å²) in [6, 6.07) is 12.7. The van der Waals surface area contributed by atoms with Gasteiger partial charge in [-0.3, -0.25) is 0 Å². The van der Waals surface area contributed by atoms with E-state index in [0.29, 0.717) is 6.61 Å². The SMILES string of the molecule is CCOc1ccc2ccccc2c1C[NH2+]CCCSc1nnnn1C. The van der Waals surface area contributed by atoms with Crippen LogP contribution >= 0.6 is 11.8 Å². The number of nitrogens with two attached hydrogens (primary N) is 1. The van der Waals surface area contributed by atoms with E-state index in [2.05, 4.69) is 57.2 Å².